The highest BCUT2D eigenvalue weighted by molar-refractivity contribution is 5.91. The van der Waals surface area contributed by atoms with Crippen LogP contribution in [0.1, 0.15) is 37.0 Å². The number of para-hydroxylation sites is 1. The van der Waals surface area contributed by atoms with Gasteiger partial charge in [-0.1, -0.05) is 49.7 Å². The Bertz CT molecular complexity index is 659. The maximum atomic E-state index is 12.2. The van der Waals surface area contributed by atoms with Crippen molar-refractivity contribution >= 4 is 11.7 Å². The molecule has 0 aliphatic rings. The van der Waals surface area contributed by atoms with Gasteiger partial charge < -0.3 is 15.4 Å². The lowest BCUT2D eigenvalue weighted by Gasteiger charge is -2.15. The summed E-state index contributed by atoms with van der Waals surface area (Å²) < 4.78 is 5.66. The molecule has 0 aromatic heterocycles. The van der Waals surface area contributed by atoms with Gasteiger partial charge in [0.2, 0.25) is 0 Å². The molecule has 2 aromatic carbocycles. The monoisotopic (exact) mass is 340 g/mol. The SMILES string of the molecule is CCc1cccc(CC)c1NC(=O)NCCCOc1ccc(C)cc1. The Hall–Kier alpha value is -2.49. The Morgan fingerprint density at radius 1 is 1.00 bits per heavy atom. The molecule has 0 saturated heterocycles. The summed E-state index contributed by atoms with van der Waals surface area (Å²) in [6.07, 6.45) is 2.55. The summed E-state index contributed by atoms with van der Waals surface area (Å²) in [6, 6.07) is 14.0. The summed E-state index contributed by atoms with van der Waals surface area (Å²) in [6.45, 7) is 7.40. The van der Waals surface area contributed by atoms with Gasteiger partial charge in [0.1, 0.15) is 5.75 Å². The number of nitrogens with one attached hydrogen (secondary N) is 2. The Labute approximate surface area is 150 Å². The number of hydrogen-bond acceptors (Lipinski definition) is 2. The van der Waals surface area contributed by atoms with E-state index in [1.54, 1.807) is 0 Å². The lowest BCUT2D eigenvalue weighted by Crippen LogP contribution is -2.31. The van der Waals surface area contributed by atoms with E-state index in [1.165, 1.54) is 5.56 Å². The number of aryl methyl sites for hydroxylation is 3. The number of carbonyl (C=O) groups excluding carboxylic acids is 1. The minimum Gasteiger partial charge on any atom is -0.494 e. The second-order valence-corrected chi connectivity index (χ2v) is 6.05. The standard InChI is InChI=1S/C21H28N2O2/c1-4-17-8-6-9-18(5-2)20(17)23-21(24)22-14-7-15-25-19-12-10-16(3)11-13-19/h6,8-13H,4-5,7,14-15H2,1-3H3,(H2,22,23,24). The van der Waals surface area contributed by atoms with Gasteiger partial charge in [-0.25, -0.2) is 4.79 Å². The second-order valence-electron chi connectivity index (χ2n) is 6.05. The highest BCUT2D eigenvalue weighted by Crippen LogP contribution is 2.22. The third kappa shape index (κ3) is 5.82. The molecule has 0 radical (unpaired) electrons. The topological polar surface area (TPSA) is 50.4 Å². The van der Waals surface area contributed by atoms with Crippen molar-refractivity contribution < 1.29 is 9.53 Å². The second kappa shape index (κ2) is 9.72. The van der Waals surface area contributed by atoms with Crippen molar-refractivity contribution in [2.75, 3.05) is 18.5 Å². The van der Waals surface area contributed by atoms with E-state index in [9.17, 15) is 4.79 Å². The number of carbonyl (C=O) groups is 1. The predicted molar refractivity (Wildman–Crippen MR) is 104 cm³/mol. The van der Waals surface area contributed by atoms with E-state index < -0.39 is 0 Å². The largest absolute Gasteiger partial charge is 0.494 e. The smallest absolute Gasteiger partial charge is 0.319 e. The van der Waals surface area contributed by atoms with Crippen molar-refractivity contribution in [3.63, 3.8) is 0 Å². The maximum Gasteiger partial charge on any atom is 0.319 e. The molecule has 2 aromatic rings. The van der Waals surface area contributed by atoms with Crippen LogP contribution >= 0.6 is 0 Å². The zero-order valence-electron chi connectivity index (χ0n) is 15.4. The van der Waals surface area contributed by atoms with E-state index in [-0.39, 0.29) is 6.03 Å². The van der Waals surface area contributed by atoms with Crippen LogP contribution in [0.15, 0.2) is 42.5 Å². The van der Waals surface area contributed by atoms with Gasteiger partial charge in [0.05, 0.1) is 6.61 Å². The van der Waals surface area contributed by atoms with Crippen LogP contribution in [-0.2, 0) is 12.8 Å². The van der Waals surface area contributed by atoms with Gasteiger partial charge in [-0.05, 0) is 49.4 Å². The fourth-order valence-corrected chi connectivity index (χ4v) is 2.66. The van der Waals surface area contributed by atoms with E-state index in [1.807, 2.05) is 37.3 Å². The molecule has 0 aliphatic carbocycles. The molecule has 0 unspecified atom stereocenters. The number of rotatable bonds is 8. The van der Waals surface area contributed by atoms with Crippen LogP contribution in [0.3, 0.4) is 0 Å². The van der Waals surface area contributed by atoms with E-state index in [4.69, 9.17) is 4.74 Å². The van der Waals surface area contributed by atoms with Gasteiger partial charge in [0.25, 0.3) is 0 Å². The Balaban J connectivity index is 1.75. The van der Waals surface area contributed by atoms with Gasteiger partial charge in [0, 0.05) is 12.2 Å². The van der Waals surface area contributed by atoms with E-state index in [0.717, 1.165) is 41.8 Å². The Morgan fingerprint density at radius 2 is 1.64 bits per heavy atom. The minimum absolute atomic E-state index is 0.161. The first-order valence-electron chi connectivity index (χ1n) is 8.99. The summed E-state index contributed by atoms with van der Waals surface area (Å²) in [7, 11) is 0. The first-order valence-corrected chi connectivity index (χ1v) is 8.99. The molecule has 0 saturated carbocycles. The summed E-state index contributed by atoms with van der Waals surface area (Å²) in [5, 5.41) is 5.90. The van der Waals surface area contributed by atoms with Crippen LogP contribution in [0.25, 0.3) is 0 Å². The molecule has 2 N–H and O–H groups in total. The van der Waals surface area contributed by atoms with E-state index in [0.29, 0.717) is 13.2 Å². The predicted octanol–water partition coefficient (Wildman–Crippen LogP) is 4.71. The average molecular weight is 340 g/mol. The van der Waals surface area contributed by atoms with Crippen molar-refractivity contribution in [2.45, 2.75) is 40.0 Å². The molecule has 4 heteroatoms. The molecule has 0 spiro atoms. The number of hydrogen-bond donors (Lipinski definition) is 2. The fraction of sp³-hybridized carbons (Fsp3) is 0.381. The third-order valence-corrected chi connectivity index (χ3v) is 4.13. The van der Waals surface area contributed by atoms with Crippen LogP contribution in [0, 0.1) is 6.92 Å². The number of benzene rings is 2. The molecule has 2 rings (SSSR count). The zero-order chi connectivity index (χ0) is 18.1. The molecule has 134 valence electrons. The van der Waals surface area contributed by atoms with Gasteiger partial charge in [0.15, 0.2) is 0 Å². The molecular formula is C21H28N2O2. The van der Waals surface area contributed by atoms with Crippen molar-refractivity contribution in [1.82, 2.24) is 5.32 Å². The van der Waals surface area contributed by atoms with Gasteiger partial charge >= 0.3 is 6.03 Å². The summed E-state index contributed by atoms with van der Waals surface area (Å²) in [5.41, 5.74) is 4.49. The highest BCUT2D eigenvalue weighted by atomic mass is 16.5. The number of urea groups is 1. The fourth-order valence-electron chi connectivity index (χ4n) is 2.66. The quantitative estimate of drug-likeness (QED) is 0.684. The molecule has 0 atom stereocenters. The maximum absolute atomic E-state index is 12.2. The Morgan fingerprint density at radius 3 is 2.24 bits per heavy atom. The van der Waals surface area contributed by atoms with Gasteiger partial charge in [-0.3, -0.25) is 0 Å². The lowest BCUT2D eigenvalue weighted by molar-refractivity contribution is 0.250. The van der Waals surface area contributed by atoms with E-state index >= 15 is 0 Å². The number of anilines is 1. The molecule has 2 amide bonds. The van der Waals surface area contributed by atoms with Crippen LogP contribution in [0.2, 0.25) is 0 Å². The van der Waals surface area contributed by atoms with Crippen molar-refractivity contribution in [1.29, 1.82) is 0 Å². The average Bonchev–Trinajstić information content (AvgIpc) is 2.63. The number of ether oxygens (including phenoxy) is 1. The van der Waals surface area contributed by atoms with Crippen LogP contribution in [-0.4, -0.2) is 19.2 Å². The lowest BCUT2D eigenvalue weighted by atomic mass is 10.0. The first kappa shape index (κ1) is 18.8. The molecule has 0 bridgehead atoms. The van der Waals surface area contributed by atoms with Gasteiger partial charge in [-0.15, -0.1) is 0 Å². The Kier molecular flexibility index (Phi) is 7.33. The summed E-state index contributed by atoms with van der Waals surface area (Å²) >= 11 is 0. The normalized spacial score (nSPS) is 10.4. The van der Waals surface area contributed by atoms with Crippen LogP contribution in [0.5, 0.6) is 5.75 Å². The molecule has 4 nitrogen and oxygen atoms in total. The van der Waals surface area contributed by atoms with Crippen molar-refractivity contribution in [3.8, 4) is 5.75 Å². The summed E-state index contributed by atoms with van der Waals surface area (Å²) in [4.78, 5) is 12.2. The molecule has 0 fully saturated rings. The molecule has 25 heavy (non-hydrogen) atoms. The number of amides is 2. The van der Waals surface area contributed by atoms with Crippen molar-refractivity contribution in [2.24, 2.45) is 0 Å². The van der Waals surface area contributed by atoms with E-state index in [2.05, 4.69) is 36.6 Å². The van der Waals surface area contributed by atoms with Crippen LogP contribution < -0.4 is 15.4 Å². The molecule has 0 heterocycles. The van der Waals surface area contributed by atoms with Gasteiger partial charge in [-0.2, -0.15) is 0 Å². The summed E-state index contributed by atoms with van der Waals surface area (Å²) in [5.74, 6) is 0.861. The highest BCUT2D eigenvalue weighted by Gasteiger charge is 2.09. The van der Waals surface area contributed by atoms with Crippen LogP contribution in [0.4, 0.5) is 10.5 Å². The zero-order valence-corrected chi connectivity index (χ0v) is 15.4. The van der Waals surface area contributed by atoms with Crippen molar-refractivity contribution in [3.05, 3.63) is 59.2 Å². The molecular weight excluding hydrogens is 312 g/mol. The molecule has 0 aliphatic heterocycles. The third-order valence-electron chi connectivity index (χ3n) is 4.13. The minimum atomic E-state index is -0.161. The first-order chi connectivity index (χ1) is 12.1.